The van der Waals surface area contributed by atoms with Crippen LogP contribution in [0, 0.1) is 6.92 Å². The van der Waals surface area contributed by atoms with Crippen LogP contribution in [0.4, 0.5) is 5.69 Å². The van der Waals surface area contributed by atoms with E-state index in [0.29, 0.717) is 29.6 Å². The minimum atomic E-state index is -0.197. The van der Waals surface area contributed by atoms with Crippen LogP contribution in [0.15, 0.2) is 53.1 Å². The van der Waals surface area contributed by atoms with Crippen LogP contribution in [0.5, 0.6) is 5.75 Å². The zero-order valence-corrected chi connectivity index (χ0v) is 13.4. The Balaban J connectivity index is 1.74. The lowest BCUT2D eigenvalue weighted by Crippen LogP contribution is -2.11. The second-order valence-electron chi connectivity index (χ2n) is 5.14. The summed E-state index contributed by atoms with van der Waals surface area (Å²) in [5.74, 6) is 1.53. The average molecular weight is 323 g/mol. The van der Waals surface area contributed by atoms with Crippen LogP contribution >= 0.6 is 0 Å². The van der Waals surface area contributed by atoms with E-state index in [1.165, 1.54) is 0 Å². The Morgan fingerprint density at radius 1 is 1.21 bits per heavy atom. The lowest BCUT2D eigenvalue weighted by atomic mass is 10.1. The van der Waals surface area contributed by atoms with Crippen molar-refractivity contribution in [2.45, 2.75) is 13.8 Å². The molecule has 0 fully saturated rings. The summed E-state index contributed by atoms with van der Waals surface area (Å²) in [7, 11) is 0. The Hall–Kier alpha value is -3.15. The van der Waals surface area contributed by atoms with E-state index in [1.807, 2.05) is 19.1 Å². The van der Waals surface area contributed by atoms with Crippen LogP contribution in [-0.2, 0) is 0 Å². The number of nitrogens with one attached hydrogen (secondary N) is 1. The van der Waals surface area contributed by atoms with E-state index in [2.05, 4.69) is 15.5 Å². The Bertz CT molecular complexity index is 841. The number of hydrogen-bond donors (Lipinski definition) is 1. The summed E-state index contributed by atoms with van der Waals surface area (Å²) in [6.45, 7) is 4.26. The van der Waals surface area contributed by atoms with E-state index >= 15 is 0 Å². The van der Waals surface area contributed by atoms with Crippen LogP contribution in [-0.4, -0.2) is 22.7 Å². The number of benzene rings is 2. The van der Waals surface area contributed by atoms with Gasteiger partial charge in [0.15, 0.2) is 5.82 Å². The Morgan fingerprint density at radius 3 is 2.67 bits per heavy atom. The number of rotatable bonds is 5. The molecule has 0 aliphatic rings. The summed E-state index contributed by atoms with van der Waals surface area (Å²) in [6, 6.07) is 14.3. The quantitative estimate of drug-likeness (QED) is 0.774. The molecule has 2 aromatic carbocycles. The molecule has 3 rings (SSSR count). The highest BCUT2D eigenvalue weighted by Crippen LogP contribution is 2.21. The van der Waals surface area contributed by atoms with Crippen molar-refractivity contribution in [1.82, 2.24) is 10.1 Å². The molecule has 24 heavy (non-hydrogen) atoms. The third-order valence-electron chi connectivity index (χ3n) is 3.32. The van der Waals surface area contributed by atoms with Crippen molar-refractivity contribution in [3.8, 4) is 17.2 Å². The maximum atomic E-state index is 12.3. The largest absolute Gasteiger partial charge is 0.494 e. The SMILES string of the molecule is CCOc1ccc(C(=O)Nc2cccc(-c3nc(C)no3)c2)cc1. The maximum Gasteiger partial charge on any atom is 0.257 e. The molecule has 0 saturated carbocycles. The predicted octanol–water partition coefficient (Wildman–Crippen LogP) is 3.70. The topological polar surface area (TPSA) is 77.2 Å². The van der Waals surface area contributed by atoms with Gasteiger partial charge in [0.05, 0.1) is 6.61 Å². The number of nitrogens with zero attached hydrogens (tertiary/aromatic N) is 2. The fourth-order valence-corrected chi connectivity index (χ4v) is 2.22. The fraction of sp³-hybridized carbons (Fsp3) is 0.167. The highest BCUT2D eigenvalue weighted by Gasteiger charge is 2.10. The van der Waals surface area contributed by atoms with Gasteiger partial charge in [0.2, 0.25) is 0 Å². The molecular weight excluding hydrogens is 306 g/mol. The first kappa shape index (κ1) is 15.7. The molecule has 3 aromatic rings. The first-order valence-corrected chi connectivity index (χ1v) is 7.60. The molecule has 1 heterocycles. The molecule has 1 amide bonds. The number of aryl methyl sites for hydroxylation is 1. The van der Waals surface area contributed by atoms with Crippen LogP contribution in [0.2, 0.25) is 0 Å². The van der Waals surface area contributed by atoms with Crippen molar-refractivity contribution in [2.24, 2.45) is 0 Å². The van der Waals surface area contributed by atoms with Gasteiger partial charge in [-0.05, 0) is 56.3 Å². The molecule has 0 radical (unpaired) electrons. The predicted molar refractivity (Wildman–Crippen MR) is 90.0 cm³/mol. The van der Waals surface area contributed by atoms with Gasteiger partial charge in [0.25, 0.3) is 11.8 Å². The molecule has 0 aliphatic heterocycles. The van der Waals surface area contributed by atoms with Gasteiger partial charge < -0.3 is 14.6 Å². The number of aromatic nitrogens is 2. The van der Waals surface area contributed by atoms with Gasteiger partial charge in [0.1, 0.15) is 5.75 Å². The van der Waals surface area contributed by atoms with Crippen LogP contribution in [0.3, 0.4) is 0 Å². The lowest BCUT2D eigenvalue weighted by molar-refractivity contribution is 0.102. The third-order valence-corrected chi connectivity index (χ3v) is 3.32. The number of ether oxygens (including phenoxy) is 1. The normalized spacial score (nSPS) is 10.4. The second-order valence-corrected chi connectivity index (χ2v) is 5.14. The van der Waals surface area contributed by atoms with Crippen molar-refractivity contribution in [3.05, 3.63) is 59.9 Å². The van der Waals surface area contributed by atoms with Crippen molar-refractivity contribution in [1.29, 1.82) is 0 Å². The Morgan fingerprint density at radius 2 is 2.00 bits per heavy atom. The van der Waals surface area contributed by atoms with Gasteiger partial charge in [-0.3, -0.25) is 4.79 Å². The molecule has 0 aliphatic carbocycles. The highest BCUT2D eigenvalue weighted by molar-refractivity contribution is 6.04. The molecule has 1 N–H and O–H groups in total. The first-order valence-electron chi connectivity index (χ1n) is 7.60. The summed E-state index contributed by atoms with van der Waals surface area (Å²) >= 11 is 0. The number of amides is 1. The summed E-state index contributed by atoms with van der Waals surface area (Å²) in [6.07, 6.45) is 0. The second kappa shape index (κ2) is 6.95. The molecule has 0 saturated heterocycles. The zero-order valence-electron chi connectivity index (χ0n) is 13.4. The third kappa shape index (κ3) is 3.60. The van der Waals surface area contributed by atoms with Gasteiger partial charge in [0, 0.05) is 16.8 Å². The Kier molecular flexibility index (Phi) is 4.56. The van der Waals surface area contributed by atoms with Gasteiger partial charge in [-0.15, -0.1) is 0 Å². The summed E-state index contributed by atoms with van der Waals surface area (Å²) in [4.78, 5) is 16.5. The van der Waals surface area contributed by atoms with E-state index in [0.717, 1.165) is 11.3 Å². The van der Waals surface area contributed by atoms with Gasteiger partial charge >= 0.3 is 0 Å². The fourth-order valence-electron chi connectivity index (χ4n) is 2.22. The molecule has 1 aromatic heterocycles. The minimum Gasteiger partial charge on any atom is -0.494 e. The van der Waals surface area contributed by atoms with Crippen molar-refractivity contribution < 1.29 is 14.1 Å². The first-order chi connectivity index (χ1) is 11.7. The molecule has 0 spiro atoms. The summed E-state index contributed by atoms with van der Waals surface area (Å²) in [5, 5.41) is 6.63. The van der Waals surface area contributed by atoms with Crippen molar-refractivity contribution in [3.63, 3.8) is 0 Å². The molecule has 0 atom stereocenters. The number of carbonyl (C=O) groups excluding carboxylic acids is 1. The van der Waals surface area contributed by atoms with E-state index in [4.69, 9.17) is 9.26 Å². The van der Waals surface area contributed by atoms with Crippen LogP contribution in [0.25, 0.3) is 11.5 Å². The van der Waals surface area contributed by atoms with Crippen molar-refractivity contribution in [2.75, 3.05) is 11.9 Å². The number of carbonyl (C=O) groups is 1. The van der Waals surface area contributed by atoms with Crippen molar-refractivity contribution >= 4 is 11.6 Å². The molecule has 6 heteroatoms. The smallest absolute Gasteiger partial charge is 0.257 e. The van der Waals surface area contributed by atoms with E-state index in [-0.39, 0.29) is 5.91 Å². The number of hydrogen-bond acceptors (Lipinski definition) is 5. The minimum absolute atomic E-state index is 0.197. The van der Waals surface area contributed by atoms with E-state index in [9.17, 15) is 4.79 Å². The zero-order chi connectivity index (χ0) is 16.9. The average Bonchev–Trinajstić information content (AvgIpc) is 3.03. The molecule has 6 nitrogen and oxygen atoms in total. The molecule has 122 valence electrons. The van der Waals surface area contributed by atoms with Crippen LogP contribution < -0.4 is 10.1 Å². The van der Waals surface area contributed by atoms with E-state index < -0.39 is 0 Å². The Labute approximate surface area is 139 Å². The van der Waals surface area contributed by atoms with Gasteiger partial charge in [-0.2, -0.15) is 4.98 Å². The van der Waals surface area contributed by atoms with Crippen LogP contribution in [0.1, 0.15) is 23.1 Å². The molecular formula is C18H17N3O3. The van der Waals surface area contributed by atoms with Gasteiger partial charge in [-0.1, -0.05) is 11.2 Å². The standard InChI is InChI=1S/C18H17N3O3/c1-3-23-16-9-7-13(8-10-16)17(22)20-15-6-4-5-14(11-15)18-19-12(2)21-24-18/h4-11H,3H2,1-2H3,(H,20,22). The lowest BCUT2D eigenvalue weighted by Gasteiger charge is -2.07. The van der Waals surface area contributed by atoms with E-state index in [1.54, 1.807) is 43.3 Å². The maximum absolute atomic E-state index is 12.3. The summed E-state index contributed by atoms with van der Waals surface area (Å²) in [5.41, 5.74) is 1.96. The van der Waals surface area contributed by atoms with Gasteiger partial charge in [-0.25, -0.2) is 0 Å². The number of anilines is 1. The highest BCUT2D eigenvalue weighted by atomic mass is 16.5. The summed E-state index contributed by atoms with van der Waals surface area (Å²) < 4.78 is 10.5. The monoisotopic (exact) mass is 323 g/mol. The molecule has 0 bridgehead atoms. The molecule has 0 unspecified atom stereocenters.